The lowest BCUT2D eigenvalue weighted by molar-refractivity contribution is -0.144. The first kappa shape index (κ1) is 15.5. The Labute approximate surface area is 114 Å². The number of rotatable bonds is 8. The molecule has 0 fully saturated rings. The molecule has 19 heavy (non-hydrogen) atoms. The van der Waals surface area contributed by atoms with Gasteiger partial charge in [0.05, 0.1) is 0 Å². The summed E-state index contributed by atoms with van der Waals surface area (Å²) in [6.07, 6.45) is 1.15. The molecule has 4 nitrogen and oxygen atoms in total. The quantitative estimate of drug-likeness (QED) is 0.758. The minimum atomic E-state index is -0.954. The number of ether oxygens (including phenoxy) is 1. The summed E-state index contributed by atoms with van der Waals surface area (Å²) in [5.41, 5.74) is 1.02. The third-order valence-electron chi connectivity index (χ3n) is 2.99. The van der Waals surface area contributed by atoms with E-state index in [9.17, 15) is 4.79 Å². The average Bonchev–Trinajstić information content (AvgIpc) is 2.41. The van der Waals surface area contributed by atoms with Crippen LogP contribution >= 0.6 is 0 Å². The second-order valence-corrected chi connectivity index (χ2v) is 4.55. The van der Waals surface area contributed by atoms with Crippen molar-refractivity contribution in [3.8, 4) is 5.75 Å². The van der Waals surface area contributed by atoms with Crippen LogP contribution in [0.5, 0.6) is 5.75 Å². The van der Waals surface area contributed by atoms with E-state index in [-0.39, 0.29) is 6.04 Å². The molecule has 4 heteroatoms. The van der Waals surface area contributed by atoms with E-state index in [4.69, 9.17) is 9.84 Å². The molecule has 0 aliphatic heterocycles. The minimum absolute atomic E-state index is 0.192. The van der Waals surface area contributed by atoms with E-state index in [1.807, 2.05) is 24.3 Å². The van der Waals surface area contributed by atoms with Crippen molar-refractivity contribution in [1.82, 2.24) is 5.32 Å². The summed E-state index contributed by atoms with van der Waals surface area (Å²) in [7, 11) is 0. The second kappa shape index (κ2) is 7.79. The number of carboxylic acids is 1. The Hall–Kier alpha value is -1.55. The summed E-state index contributed by atoms with van der Waals surface area (Å²) < 4.78 is 5.53. The molecular formula is C15H23NO3. The fourth-order valence-electron chi connectivity index (χ4n) is 1.91. The van der Waals surface area contributed by atoms with Crippen LogP contribution in [0.15, 0.2) is 24.3 Å². The Morgan fingerprint density at radius 2 is 2.05 bits per heavy atom. The highest BCUT2D eigenvalue weighted by atomic mass is 16.5. The Kier molecular flexibility index (Phi) is 6.36. The maximum atomic E-state index is 10.9. The summed E-state index contributed by atoms with van der Waals surface area (Å²) >= 11 is 0. The molecular weight excluding hydrogens is 242 g/mol. The lowest BCUT2D eigenvalue weighted by Gasteiger charge is -2.21. The molecule has 2 unspecified atom stereocenters. The van der Waals surface area contributed by atoms with Crippen molar-refractivity contribution in [2.75, 3.05) is 6.54 Å². The van der Waals surface area contributed by atoms with Crippen molar-refractivity contribution in [1.29, 1.82) is 0 Å². The molecule has 0 spiro atoms. The zero-order valence-electron chi connectivity index (χ0n) is 11.8. The summed E-state index contributed by atoms with van der Waals surface area (Å²) in [6, 6.07) is 7.81. The van der Waals surface area contributed by atoms with Gasteiger partial charge in [-0.15, -0.1) is 0 Å². The van der Waals surface area contributed by atoms with Gasteiger partial charge < -0.3 is 15.2 Å². The van der Waals surface area contributed by atoms with Crippen LogP contribution in [0.2, 0.25) is 0 Å². The molecule has 2 N–H and O–H groups in total. The first-order chi connectivity index (χ1) is 9.10. The summed E-state index contributed by atoms with van der Waals surface area (Å²) in [4.78, 5) is 10.9. The van der Waals surface area contributed by atoms with E-state index < -0.39 is 12.1 Å². The molecule has 1 rings (SSSR count). The normalized spacial score (nSPS) is 13.8. The monoisotopic (exact) mass is 265 g/mol. The lowest BCUT2D eigenvalue weighted by Crippen LogP contribution is -2.26. The van der Waals surface area contributed by atoms with Crippen LogP contribution in [-0.4, -0.2) is 23.7 Å². The smallest absolute Gasteiger partial charge is 0.344 e. The first-order valence-corrected chi connectivity index (χ1v) is 6.81. The average molecular weight is 265 g/mol. The van der Waals surface area contributed by atoms with E-state index in [0.717, 1.165) is 24.9 Å². The summed E-state index contributed by atoms with van der Waals surface area (Å²) in [5, 5.41) is 12.4. The van der Waals surface area contributed by atoms with Crippen molar-refractivity contribution in [3.05, 3.63) is 29.8 Å². The van der Waals surface area contributed by atoms with Crippen LogP contribution in [0, 0.1) is 0 Å². The van der Waals surface area contributed by atoms with E-state index in [0.29, 0.717) is 5.75 Å². The first-order valence-electron chi connectivity index (χ1n) is 6.81. The molecule has 0 aromatic heterocycles. The van der Waals surface area contributed by atoms with E-state index in [1.165, 1.54) is 0 Å². The van der Waals surface area contributed by atoms with Crippen LogP contribution in [0.1, 0.15) is 45.2 Å². The van der Waals surface area contributed by atoms with Crippen molar-refractivity contribution < 1.29 is 14.6 Å². The Bertz CT molecular complexity index is 406. The van der Waals surface area contributed by atoms with Gasteiger partial charge >= 0.3 is 5.97 Å². The number of carboxylic acid groups (broad SMARTS) is 1. The van der Waals surface area contributed by atoms with Gasteiger partial charge in [0.1, 0.15) is 5.75 Å². The molecule has 2 atom stereocenters. The third-order valence-corrected chi connectivity index (χ3v) is 2.99. The van der Waals surface area contributed by atoms with E-state index in [2.05, 4.69) is 19.2 Å². The van der Waals surface area contributed by atoms with Crippen LogP contribution in [0.4, 0.5) is 0 Å². The number of hydrogen-bond acceptors (Lipinski definition) is 3. The Morgan fingerprint density at radius 1 is 1.37 bits per heavy atom. The van der Waals surface area contributed by atoms with Crippen LogP contribution in [0.3, 0.4) is 0 Å². The molecule has 0 amide bonds. The number of hydrogen-bond donors (Lipinski definition) is 2. The fourth-order valence-corrected chi connectivity index (χ4v) is 1.91. The highest BCUT2D eigenvalue weighted by molar-refractivity contribution is 5.72. The lowest BCUT2D eigenvalue weighted by atomic mass is 10.0. The highest BCUT2D eigenvalue weighted by Gasteiger charge is 2.18. The van der Waals surface area contributed by atoms with Crippen LogP contribution < -0.4 is 10.1 Å². The number of aliphatic carboxylic acids is 1. The molecule has 0 aliphatic carbocycles. The molecule has 0 saturated heterocycles. The highest BCUT2D eigenvalue weighted by Crippen LogP contribution is 2.27. The number of benzene rings is 1. The van der Waals surface area contributed by atoms with Crippen molar-refractivity contribution in [2.45, 2.75) is 45.8 Å². The van der Waals surface area contributed by atoms with Gasteiger partial charge in [-0.25, -0.2) is 4.79 Å². The van der Waals surface area contributed by atoms with Crippen LogP contribution in [0.25, 0.3) is 0 Å². The van der Waals surface area contributed by atoms with Gasteiger partial charge in [-0.3, -0.25) is 0 Å². The molecule has 0 heterocycles. The van der Waals surface area contributed by atoms with Crippen molar-refractivity contribution >= 4 is 5.97 Å². The van der Waals surface area contributed by atoms with E-state index >= 15 is 0 Å². The Balaban J connectivity index is 2.89. The summed E-state index contributed by atoms with van der Waals surface area (Å²) in [5.74, 6) is -0.308. The number of para-hydroxylation sites is 1. The van der Waals surface area contributed by atoms with Crippen molar-refractivity contribution in [2.24, 2.45) is 0 Å². The van der Waals surface area contributed by atoms with Gasteiger partial charge in [-0.1, -0.05) is 32.0 Å². The van der Waals surface area contributed by atoms with Gasteiger partial charge in [0, 0.05) is 11.6 Å². The summed E-state index contributed by atoms with van der Waals surface area (Å²) in [6.45, 7) is 6.69. The predicted molar refractivity (Wildman–Crippen MR) is 75.5 cm³/mol. The fraction of sp³-hybridized carbons (Fsp3) is 0.533. The van der Waals surface area contributed by atoms with Gasteiger partial charge in [0.15, 0.2) is 6.10 Å². The van der Waals surface area contributed by atoms with Crippen LogP contribution in [-0.2, 0) is 4.79 Å². The van der Waals surface area contributed by atoms with Gasteiger partial charge in [-0.2, -0.15) is 0 Å². The molecule has 0 aliphatic rings. The van der Waals surface area contributed by atoms with E-state index in [1.54, 1.807) is 6.92 Å². The number of carbonyl (C=O) groups is 1. The second-order valence-electron chi connectivity index (χ2n) is 4.55. The third kappa shape index (κ3) is 4.56. The standard InChI is InChI=1S/C15H23NO3/c1-4-10-16-13(5-2)12-8-6-7-9-14(12)19-11(3)15(17)18/h6-9,11,13,16H,4-5,10H2,1-3H3,(H,17,18). The maximum absolute atomic E-state index is 10.9. The van der Waals surface area contributed by atoms with Crippen molar-refractivity contribution in [3.63, 3.8) is 0 Å². The SMILES string of the molecule is CCCNC(CC)c1ccccc1OC(C)C(=O)O. The molecule has 0 bridgehead atoms. The van der Waals surface area contributed by atoms with Gasteiger partial charge in [0.2, 0.25) is 0 Å². The zero-order chi connectivity index (χ0) is 14.3. The maximum Gasteiger partial charge on any atom is 0.344 e. The molecule has 106 valence electrons. The Morgan fingerprint density at radius 3 is 2.63 bits per heavy atom. The zero-order valence-corrected chi connectivity index (χ0v) is 11.8. The largest absolute Gasteiger partial charge is 0.479 e. The van der Waals surface area contributed by atoms with Gasteiger partial charge in [0.25, 0.3) is 0 Å². The molecule has 0 radical (unpaired) electrons. The molecule has 0 saturated carbocycles. The van der Waals surface area contributed by atoms with Gasteiger partial charge in [-0.05, 0) is 32.4 Å². The molecule has 1 aromatic rings. The predicted octanol–water partition coefficient (Wildman–Crippen LogP) is 2.99. The topological polar surface area (TPSA) is 58.6 Å². The molecule has 1 aromatic carbocycles. The number of nitrogens with one attached hydrogen (secondary N) is 1. The minimum Gasteiger partial charge on any atom is -0.479 e.